The summed E-state index contributed by atoms with van der Waals surface area (Å²) < 4.78 is 4.64. The van der Waals surface area contributed by atoms with Gasteiger partial charge >= 0.3 is 5.97 Å². The summed E-state index contributed by atoms with van der Waals surface area (Å²) in [5, 5.41) is 10.9. The second kappa shape index (κ2) is 5.25. The van der Waals surface area contributed by atoms with E-state index in [2.05, 4.69) is 14.7 Å². The van der Waals surface area contributed by atoms with E-state index in [4.69, 9.17) is 0 Å². The van der Waals surface area contributed by atoms with Gasteiger partial charge in [0.1, 0.15) is 11.3 Å². The van der Waals surface area contributed by atoms with Gasteiger partial charge in [0.05, 0.1) is 29.7 Å². The van der Waals surface area contributed by atoms with Crippen LogP contribution in [-0.2, 0) is 11.3 Å². The van der Waals surface area contributed by atoms with Crippen LogP contribution in [0.5, 0.6) is 0 Å². The number of non-ortho nitro benzene ring substituents is 1. The molecule has 1 N–H and O–H groups in total. The topological polar surface area (TPSA) is 101 Å². The summed E-state index contributed by atoms with van der Waals surface area (Å²) in [5.41, 5.74) is 0.714. The van der Waals surface area contributed by atoms with E-state index in [9.17, 15) is 14.9 Å². The van der Waals surface area contributed by atoms with Crippen LogP contribution in [0.1, 0.15) is 16.2 Å². The molecule has 20 heavy (non-hydrogen) atoms. The van der Waals surface area contributed by atoms with Crippen molar-refractivity contribution in [2.75, 3.05) is 21.2 Å². The summed E-state index contributed by atoms with van der Waals surface area (Å²) in [6, 6.07) is 2.53. The molecule has 1 aromatic heterocycles. The van der Waals surface area contributed by atoms with Crippen molar-refractivity contribution in [3.63, 3.8) is 0 Å². The Morgan fingerprint density at radius 3 is 2.75 bits per heavy atom. The number of carbonyl (C=O) groups is 1. The number of nitro benzene ring substituents is 1. The summed E-state index contributed by atoms with van der Waals surface area (Å²) in [7, 11) is 4.97. The van der Waals surface area contributed by atoms with Gasteiger partial charge in [-0.1, -0.05) is 0 Å². The quantitative estimate of drug-likeness (QED) is 0.514. The molecule has 106 valence electrons. The SMILES string of the molecule is COC(=O)c1cc([N+](=O)[O-])cc2[nH]c(CN(C)C)nc12. The summed E-state index contributed by atoms with van der Waals surface area (Å²) in [6.45, 7) is 0.531. The summed E-state index contributed by atoms with van der Waals surface area (Å²) in [6.07, 6.45) is 0. The fourth-order valence-corrected chi connectivity index (χ4v) is 1.90. The van der Waals surface area contributed by atoms with Crippen LogP contribution in [0, 0.1) is 10.1 Å². The van der Waals surface area contributed by atoms with Gasteiger partial charge in [-0.2, -0.15) is 0 Å². The Hall–Kier alpha value is -2.48. The van der Waals surface area contributed by atoms with E-state index in [-0.39, 0.29) is 11.3 Å². The van der Waals surface area contributed by atoms with E-state index in [0.29, 0.717) is 23.4 Å². The zero-order valence-electron chi connectivity index (χ0n) is 11.3. The van der Waals surface area contributed by atoms with Gasteiger partial charge in [-0.15, -0.1) is 0 Å². The molecule has 8 heteroatoms. The van der Waals surface area contributed by atoms with Gasteiger partial charge in [-0.25, -0.2) is 9.78 Å². The fraction of sp³-hybridized carbons (Fsp3) is 0.333. The van der Waals surface area contributed by atoms with Gasteiger partial charge in [0, 0.05) is 12.1 Å². The molecule has 0 fully saturated rings. The van der Waals surface area contributed by atoms with Gasteiger partial charge in [0.25, 0.3) is 5.69 Å². The first-order chi connectivity index (χ1) is 9.42. The third kappa shape index (κ3) is 2.59. The molecule has 1 aromatic carbocycles. The van der Waals surface area contributed by atoms with E-state index in [0.717, 1.165) is 0 Å². The minimum Gasteiger partial charge on any atom is -0.465 e. The monoisotopic (exact) mass is 278 g/mol. The number of nitro groups is 1. The van der Waals surface area contributed by atoms with Crippen molar-refractivity contribution in [1.82, 2.24) is 14.9 Å². The summed E-state index contributed by atoms with van der Waals surface area (Å²) >= 11 is 0. The lowest BCUT2D eigenvalue weighted by molar-refractivity contribution is -0.384. The minimum atomic E-state index is -0.651. The molecule has 0 spiro atoms. The lowest BCUT2D eigenvalue weighted by Crippen LogP contribution is -2.11. The third-order valence-electron chi connectivity index (χ3n) is 2.70. The highest BCUT2D eigenvalue weighted by molar-refractivity contribution is 6.03. The first-order valence-electron chi connectivity index (χ1n) is 5.82. The highest BCUT2D eigenvalue weighted by Crippen LogP contribution is 2.24. The van der Waals surface area contributed by atoms with E-state index >= 15 is 0 Å². The number of aromatic amines is 1. The maximum Gasteiger partial charge on any atom is 0.340 e. The molecule has 0 bridgehead atoms. The van der Waals surface area contributed by atoms with Crippen LogP contribution in [0.2, 0.25) is 0 Å². The number of rotatable bonds is 4. The Morgan fingerprint density at radius 1 is 1.50 bits per heavy atom. The maximum atomic E-state index is 11.7. The van der Waals surface area contributed by atoms with Gasteiger partial charge in [-0.05, 0) is 14.1 Å². The smallest absolute Gasteiger partial charge is 0.340 e. The molecule has 0 aliphatic heterocycles. The zero-order valence-corrected chi connectivity index (χ0v) is 11.3. The van der Waals surface area contributed by atoms with E-state index in [1.54, 1.807) is 0 Å². The highest BCUT2D eigenvalue weighted by Gasteiger charge is 2.20. The predicted molar refractivity (Wildman–Crippen MR) is 71.5 cm³/mol. The number of fused-ring (bicyclic) bond motifs is 1. The third-order valence-corrected chi connectivity index (χ3v) is 2.70. The Balaban J connectivity index is 2.63. The van der Waals surface area contributed by atoms with Crippen molar-refractivity contribution >= 4 is 22.7 Å². The van der Waals surface area contributed by atoms with E-state index in [1.807, 2.05) is 19.0 Å². The van der Waals surface area contributed by atoms with E-state index in [1.165, 1.54) is 19.2 Å². The average Bonchev–Trinajstić information content (AvgIpc) is 2.77. The molecular weight excluding hydrogens is 264 g/mol. The standard InChI is InChI=1S/C12H14N4O4/c1-15(2)6-10-13-9-5-7(16(18)19)4-8(11(9)14-10)12(17)20-3/h4-5H,6H2,1-3H3,(H,13,14). The van der Waals surface area contributed by atoms with Gasteiger partial charge in [0.15, 0.2) is 0 Å². The molecule has 0 atom stereocenters. The molecular formula is C12H14N4O4. The molecule has 0 saturated heterocycles. The van der Waals surface area contributed by atoms with E-state index < -0.39 is 10.9 Å². The second-order valence-corrected chi connectivity index (χ2v) is 4.56. The number of aromatic nitrogens is 2. The number of nitrogens with one attached hydrogen (secondary N) is 1. The Kier molecular flexibility index (Phi) is 3.66. The molecule has 0 saturated carbocycles. The number of nitrogens with zero attached hydrogens (tertiary/aromatic N) is 3. The minimum absolute atomic E-state index is 0.0814. The van der Waals surface area contributed by atoms with Crippen LogP contribution in [0.15, 0.2) is 12.1 Å². The van der Waals surface area contributed by atoms with Crippen molar-refractivity contribution in [2.45, 2.75) is 6.54 Å². The number of esters is 1. The lowest BCUT2D eigenvalue weighted by Gasteiger charge is -2.05. The van der Waals surface area contributed by atoms with Crippen LogP contribution < -0.4 is 0 Å². The number of methoxy groups -OCH3 is 1. The van der Waals surface area contributed by atoms with Crippen LogP contribution in [-0.4, -0.2) is 47.0 Å². The Bertz CT molecular complexity index is 677. The molecule has 0 radical (unpaired) electrons. The highest BCUT2D eigenvalue weighted by atomic mass is 16.6. The van der Waals surface area contributed by atoms with Gasteiger partial charge in [-0.3, -0.25) is 10.1 Å². The van der Waals surface area contributed by atoms with Crippen molar-refractivity contribution in [2.24, 2.45) is 0 Å². The molecule has 0 aliphatic rings. The number of ether oxygens (including phenoxy) is 1. The predicted octanol–water partition coefficient (Wildman–Crippen LogP) is 1.32. The zero-order chi connectivity index (χ0) is 14.9. The van der Waals surface area contributed by atoms with Crippen molar-refractivity contribution in [3.05, 3.63) is 33.6 Å². The van der Waals surface area contributed by atoms with Crippen LogP contribution in [0.3, 0.4) is 0 Å². The molecule has 2 rings (SSSR count). The molecule has 0 amide bonds. The van der Waals surface area contributed by atoms with Crippen LogP contribution in [0.4, 0.5) is 5.69 Å². The number of imidazole rings is 1. The fourth-order valence-electron chi connectivity index (χ4n) is 1.90. The molecule has 0 aliphatic carbocycles. The van der Waals surface area contributed by atoms with Crippen molar-refractivity contribution in [1.29, 1.82) is 0 Å². The first-order valence-corrected chi connectivity index (χ1v) is 5.82. The van der Waals surface area contributed by atoms with Crippen molar-refractivity contribution < 1.29 is 14.5 Å². The number of carbonyl (C=O) groups excluding carboxylic acids is 1. The van der Waals surface area contributed by atoms with Crippen LogP contribution >= 0.6 is 0 Å². The average molecular weight is 278 g/mol. The lowest BCUT2D eigenvalue weighted by atomic mass is 10.1. The molecule has 1 heterocycles. The number of hydrogen-bond acceptors (Lipinski definition) is 6. The van der Waals surface area contributed by atoms with Crippen molar-refractivity contribution in [3.8, 4) is 0 Å². The first kappa shape index (κ1) is 13.9. The van der Waals surface area contributed by atoms with Crippen LogP contribution in [0.25, 0.3) is 11.0 Å². The number of hydrogen-bond donors (Lipinski definition) is 1. The molecule has 0 unspecified atom stereocenters. The molecule has 8 nitrogen and oxygen atoms in total. The number of benzene rings is 1. The second-order valence-electron chi connectivity index (χ2n) is 4.56. The Morgan fingerprint density at radius 2 is 2.20 bits per heavy atom. The molecule has 2 aromatic rings. The summed E-state index contributed by atoms with van der Waals surface area (Å²) in [4.78, 5) is 31.2. The van der Waals surface area contributed by atoms with Gasteiger partial charge in [0.2, 0.25) is 0 Å². The Labute approximate surface area is 114 Å². The summed E-state index contributed by atoms with van der Waals surface area (Å²) in [5.74, 6) is -0.0303. The maximum absolute atomic E-state index is 11.7. The number of H-pyrrole nitrogens is 1. The largest absolute Gasteiger partial charge is 0.465 e. The van der Waals surface area contributed by atoms with Gasteiger partial charge < -0.3 is 14.6 Å². The normalized spacial score (nSPS) is 11.0.